The van der Waals surface area contributed by atoms with Crippen LogP contribution in [0.3, 0.4) is 0 Å². The van der Waals surface area contributed by atoms with Gasteiger partial charge in [0, 0.05) is 18.7 Å². The molecule has 102 valence electrons. The zero-order valence-electron chi connectivity index (χ0n) is 11.0. The molecule has 3 rings (SSSR count). The highest BCUT2D eigenvalue weighted by atomic mass is 32.1. The lowest BCUT2D eigenvalue weighted by Gasteiger charge is -2.28. The summed E-state index contributed by atoms with van der Waals surface area (Å²) in [5.74, 6) is 1.24. The minimum Gasteiger partial charge on any atom is -0.382 e. The Morgan fingerprint density at radius 3 is 2.95 bits per heavy atom. The molecule has 5 heteroatoms. The van der Waals surface area contributed by atoms with Crippen LogP contribution in [0.5, 0.6) is 0 Å². The number of hydrogen-bond acceptors (Lipinski definition) is 4. The van der Waals surface area contributed by atoms with Crippen molar-refractivity contribution in [2.24, 2.45) is 5.92 Å². The van der Waals surface area contributed by atoms with E-state index in [1.54, 1.807) is 0 Å². The van der Waals surface area contributed by atoms with E-state index in [-0.39, 0.29) is 5.91 Å². The normalized spacial score (nSPS) is 20.4. The van der Waals surface area contributed by atoms with Gasteiger partial charge in [0.25, 0.3) is 5.91 Å². The molecule has 1 aromatic heterocycles. The van der Waals surface area contributed by atoms with Gasteiger partial charge in [-0.15, -0.1) is 0 Å². The van der Waals surface area contributed by atoms with Gasteiger partial charge in [0.2, 0.25) is 0 Å². The van der Waals surface area contributed by atoms with Gasteiger partial charge in [-0.05, 0) is 30.3 Å². The number of nitrogens with zero attached hydrogens (tertiary/aromatic N) is 2. The Balaban J connectivity index is 1.76. The minimum absolute atomic E-state index is 0.0970. The molecular weight excluding hydrogens is 258 g/mol. The Labute approximate surface area is 117 Å². The zero-order valence-corrected chi connectivity index (χ0v) is 11.8. The van der Waals surface area contributed by atoms with Crippen LogP contribution in [0.25, 0.3) is 6.08 Å². The Hall–Kier alpha value is -1.36. The van der Waals surface area contributed by atoms with Gasteiger partial charge in [-0.25, -0.2) is 0 Å². The van der Waals surface area contributed by atoms with E-state index in [2.05, 4.69) is 4.37 Å². The fraction of sp³-hybridized carbons (Fsp3) is 0.571. The van der Waals surface area contributed by atoms with E-state index in [1.807, 2.05) is 17.1 Å². The molecule has 1 aliphatic heterocycles. The number of fused-ring (bicyclic) bond motifs is 1. The molecule has 2 heterocycles. The molecule has 1 saturated carbocycles. The molecule has 0 radical (unpaired) electrons. The predicted octanol–water partition coefficient (Wildman–Crippen LogP) is 2.77. The summed E-state index contributed by atoms with van der Waals surface area (Å²) in [6.45, 7) is 1.57. The van der Waals surface area contributed by atoms with Gasteiger partial charge in [0.05, 0.1) is 0 Å². The van der Waals surface area contributed by atoms with Gasteiger partial charge in [0.1, 0.15) is 10.7 Å². The van der Waals surface area contributed by atoms with Gasteiger partial charge in [-0.2, -0.15) is 4.37 Å². The first-order valence-corrected chi connectivity index (χ1v) is 7.74. The smallest absolute Gasteiger partial charge is 0.266 e. The van der Waals surface area contributed by atoms with Crippen LogP contribution in [0.2, 0.25) is 0 Å². The SMILES string of the molecule is Nc1nsc2c1C=CCN(CC1CCCCC1)C2=O. The van der Waals surface area contributed by atoms with Crippen molar-refractivity contribution in [1.29, 1.82) is 0 Å². The van der Waals surface area contributed by atoms with Crippen molar-refractivity contribution in [2.75, 3.05) is 18.8 Å². The maximum atomic E-state index is 12.5. The molecule has 1 fully saturated rings. The van der Waals surface area contributed by atoms with Gasteiger partial charge >= 0.3 is 0 Å². The van der Waals surface area contributed by atoms with Gasteiger partial charge in [-0.3, -0.25) is 4.79 Å². The van der Waals surface area contributed by atoms with E-state index in [0.29, 0.717) is 23.2 Å². The number of rotatable bonds is 2. The number of amides is 1. The van der Waals surface area contributed by atoms with Crippen LogP contribution in [0, 0.1) is 5.92 Å². The van der Waals surface area contributed by atoms with E-state index in [1.165, 1.54) is 43.6 Å². The third-order valence-corrected chi connectivity index (χ3v) is 4.92. The minimum atomic E-state index is 0.0970. The summed E-state index contributed by atoms with van der Waals surface area (Å²) < 4.78 is 4.09. The molecule has 2 N–H and O–H groups in total. The van der Waals surface area contributed by atoms with Crippen LogP contribution in [0.15, 0.2) is 6.08 Å². The number of carbonyl (C=O) groups excluding carboxylic acids is 1. The van der Waals surface area contributed by atoms with Crippen molar-refractivity contribution >= 4 is 29.3 Å². The maximum Gasteiger partial charge on any atom is 0.266 e. The lowest BCUT2D eigenvalue weighted by atomic mass is 9.89. The van der Waals surface area contributed by atoms with Crippen LogP contribution in [-0.2, 0) is 0 Å². The molecule has 19 heavy (non-hydrogen) atoms. The summed E-state index contributed by atoms with van der Waals surface area (Å²) in [6.07, 6.45) is 10.4. The molecule has 0 saturated heterocycles. The standard InChI is InChI=1S/C14H19N3OS/c15-13-11-7-4-8-17(14(18)12(11)19-16-13)9-10-5-2-1-3-6-10/h4,7,10H,1-3,5-6,8-9H2,(H2,15,16). The van der Waals surface area contributed by atoms with Gasteiger partial charge < -0.3 is 10.6 Å². The molecule has 0 atom stereocenters. The van der Waals surface area contributed by atoms with Crippen LogP contribution in [-0.4, -0.2) is 28.3 Å². The van der Waals surface area contributed by atoms with Crippen LogP contribution in [0.4, 0.5) is 5.82 Å². The van der Waals surface area contributed by atoms with Crippen molar-refractivity contribution < 1.29 is 4.79 Å². The van der Waals surface area contributed by atoms with Gasteiger partial charge in [-0.1, -0.05) is 31.4 Å². The molecule has 4 nitrogen and oxygen atoms in total. The van der Waals surface area contributed by atoms with Crippen molar-refractivity contribution in [2.45, 2.75) is 32.1 Å². The lowest BCUT2D eigenvalue weighted by Crippen LogP contribution is -2.35. The zero-order chi connectivity index (χ0) is 13.2. The number of anilines is 1. The summed E-state index contributed by atoms with van der Waals surface area (Å²) in [4.78, 5) is 15.2. The highest BCUT2D eigenvalue weighted by Crippen LogP contribution is 2.29. The molecular formula is C14H19N3OS. The molecule has 0 unspecified atom stereocenters. The van der Waals surface area contributed by atoms with E-state index in [0.717, 1.165) is 12.1 Å². The molecule has 0 spiro atoms. The predicted molar refractivity (Wildman–Crippen MR) is 78.0 cm³/mol. The fourth-order valence-corrected chi connectivity index (χ4v) is 3.75. The largest absolute Gasteiger partial charge is 0.382 e. The Morgan fingerprint density at radius 1 is 1.37 bits per heavy atom. The second-order valence-corrected chi connectivity index (χ2v) is 6.20. The number of aromatic nitrogens is 1. The first-order chi connectivity index (χ1) is 9.25. The number of carbonyl (C=O) groups is 1. The van der Waals surface area contributed by atoms with Gasteiger partial charge in [0.15, 0.2) is 0 Å². The van der Waals surface area contributed by atoms with Crippen LogP contribution < -0.4 is 5.73 Å². The Morgan fingerprint density at radius 2 is 2.16 bits per heavy atom. The highest BCUT2D eigenvalue weighted by Gasteiger charge is 2.26. The van der Waals surface area contributed by atoms with Crippen LogP contribution in [0.1, 0.15) is 47.3 Å². The van der Waals surface area contributed by atoms with Crippen molar-refractivity contribution in [3.63, 3.8) is 0 Å². The lowest BCUT2D eigenvalue weighted by molar-refractivity contribution is 0.0742. The second-order valence-electron chi connectivity index (χ2n) is 5.43. The third kappa shape index (κ3) is 2.52. The molecule has 2 aliphatic rings. The highest BCUT2D eigenvalue weighted by molar-refractivity contribution is 7.08. The van der Waals surface area contributed by atoms with E-state index < -0.39 is 0 Å². The molecule has 0 aromatic carbocycles. The van der Waals surface area contributed by atoms with E-state index >= 15 is 0 Å². The average Bonchev–Trinajstić information content (AvgIpc) is 2.72. The van der Waals surface area contributed by atoms with E-state index in [4.69, 9.17) is 5.73 Å². The molecule has 1 amide bonds. The molecule has 0 bridgehead atoms. The second kappa shape index (κ2) is 5.33. The summed E-state index contributed by atoms with van der Waals surface area (Å²) in [7, 11) is 0. The third-order valence-electron chi connectivity index (χ3n) is 4.05. The van der Waals surface area contributed by atoms with Crippen molar-refractivity contribution in [3.05, 3.63) is 16.5 Å². The Kier molecular flexibility index (Phi) is 3.55. The number of hydrogen-bond donors (Lipinski definition) is 1. The Bertz CT molecular complexity index is 503. The topological polar surface area (TPSA) is 59.2 Å². The van der Waals surface area contributed by atoms with Crippen LogP contribution >= 0.6 is 11.5 Å². The van der Waals surface area contributed by atoms with Crippen molar-refractivity contribution in [1.82, 2.24) is 9.27 Å². The quantitative estimate of drug-likeness (QED) is 0.904. The first kappa shape index (κ1) is 12.7. The molecule has 1 aromatic rings. The number of nitrogens with two attached hydrogens (primary N) is 1. The monoisotopic (exact) mass is 277 g/mol. The summed E-state index contributed by atoms with van der Waals surface area (Å²) in [6, 6.07) is 0. The maximum absolute atomic E-state index is 12.5. The molecule has 1 aliphatic carbocycles. The summed E-state index contributed by atoms with van der Waals surface area (Å²) >= 11 is 1.22. The number of nitrogen functional groups attached to an aromatic ring is 1. The average molecular weight is 277 g/mol. The summed E-state index contributed by atoms with van der Waals surface area (Å²) in [5, 5.41) is 0. The first-order valence-electron chi connectivity index (χ1n) is 6.96. The summed E-state index contributed by atoms with van der Waals surface area (Å²) in [5.41, 5.74) is 6.61. The van der Waals surface area contributed by atoms with E-state index in [9.17, 15) is 4.79 Å². The fourth-order valence-electron chi connectivity index (χ4n) is 2.99. The van der Waals surface area contributed by atoms with Crippen molar-refractivity contribution in [3.8, 4) is 0 Å².